The highest BCUT2D eigenvalue weighted by atomic mass is 16.5. The monoisotopic (exact) mass is 221 g/mol. The van der Waals surface area contributed by atoms with Crippen molar-refractivity contribution in [3.05, 3.63) is 23.8 Å². The lowest BCUT2D eigenvalue weighted by molar-refractivity contribution is 0.354. The molecule has 3 heteroatoms. The van der Waals surface area contributed by atoms with Gasteiger partial charge in [0.05, 0.1) is 14.2 Å². The fourth-order valence-electron chi connectivity index (χ4n) is 2.40. The second kappa shape index (κ2) is 4.74. The number of methoxy groups -OCH3 is 2. The van der Waals surface area contributed by atoms with Gasteiger partial charge in [0.25, 0.3) is 0 Å². The number of rotatable bonds is 3. The molecule has 0 aliphatic carbocycles. The fourth-order valence-corrected chi connectivity index (χ4v) is 2.40. The van der Waals surface area contributed by atoms with Crippen LogP contribution in [-0.2, 0) is 0 Å². The van der Waals surface area contributed by atoms with E-state index >= 15 is 0 Å². The molecular weight excluding hydrogens is 202 g/mol. The number of hydrogen-bond donors (Lipinski definition) is 1. The molecule has 1 aliphatic rings. The molecule has 1 aliphatic heterocycles. The third kappa shape index (κ3) is 2.00. The normalized spacial score (nSPS) is 24.4. The van der Waals surface area contributed by atoms with Gasteiger partial charge in [-0.25, -0.2) is 0 Å². The predicted molar refractivity (Wildman–Crippen MR) is 64.4 cm³/mol. The minimum Gasteiger partial charge on any atom is -0.493 e. The minimum absolute atomic E-state index is 0.540. The largest absolute Gasteiger partial charge is 0.493 e. The van der Waals surface area contributed by atoms with E-state index in [2.05, 4.69) is 24.4 Å². The molecular formula is C13H19NO2. The first kappa shape index (κ1) is 11.3. The van der Waals surface area contributed by atoms with Gasteiger partial charge in [0, 0.05) is 12.0 Å². The van der Waals surface area contributed by atoms with E-state index in [1.165, 1.54) is 12.0 Å². The van der Waals surface area contributed by atoms with Gasteiger partial charge in [-0.1, -0.05) is 6.07 Å². The summed E-state index contributed by atoms with van der Waals surface area (Å²) in [5.41, 5.74) is 1.33. The molecule has 1 aromatic rings. The van der Waals surface area contributed by atoms with Gasteiger partial charge in [-0.2, -0.15) is 0 Å². The molecule has 2 atom stereocenters. The quantitative estimate of drug-likeness (QED) is 0.848. The van der Waals surface area contributed by atoms with E-state index in [-0.39, 0.29) is 0 Å². The van der Waals surface area contributed by atoms with E-state index < -0.39 is 0 Å². The van der Waals surface area contributed by atoms with Crippen molar-refractivity contribution in [2.45, 2.75) is 25.3 Å². The third-order valence-electron chi connectivity index (χ3n) is 3.36. The maximum Gasteiger partial charge on any atom is 0.160 e. The van der Waals surface area contributed by atoms with Crippen molar-refractivity contribution in [1.29, 1.82) is 0 Å². The topological polar surface area (TPSA) is 30.5 Å². The Morgan fingerprint density at radius 3 is 2.50 bits per heavy atom. The Morgan fingerprint density at radius 1 is 1.19 bits per heavy atom. The van der Waals surface area contributed by atoms with Crippen LogP contribution in [0.4, 0.5) is 0 Å². The summed E-state index contributed by atoms with van der Waals surface area (Å²) in [5.74, 6) is 2.20. The summed E-state index contributed by atoms with van der Waals surface area (Å²) in [7, 11) is 3.34. The molecule has 2 rings (SSSR count). The van der Waals surface area contributed by atoms with Crippen molar-refractivity contribution in [2.24, 2.45) is 0 Å². The second-order valence-electron chi connectivity index (χ2n) is 4.25. The molecule has 0 radical (unpaired) electrons. The van der Waals surface area contributed by atoms with Gasteiger partial charge < -0.3 is 14.8 Å². The Labute approximate surface area is 96.8 Å². The predicted octanol–water partition coefficient (Wildman–Crippen LogP) is 2.17. The number of benzene rings is 1. The molecule has 1 heterocycles. The Morgan fingerprint density at radius 2 is 1.94 bits per heavy atom. The van der Waals surface area contributed by atoms with Crippen LogP contribution in [0.5, 0.6) is 11.5 Å². The molecule has 0 saturated carbocycles. The SMILES string of the molecule is COc1ccc(C2CCNC2C)cc1OC. The Kier molecular flexibility index (Phi) is 3.34. The molecule has 0 spiro atoms. The van der Waals surface area contributed by atoms with Crippen LogP contribution in [0.15, 0.2) is 18.2 Å². The summed E-state index contributed by atoms with van der Waals surface area (Å²) in [5, 5.41) is 3.46. The van der Waals surface area contributed by atoms with Crippen molar-refractivity contribution < 1.29 is 9.47 Å². The maximum absolute atomic E-state index is 5.33. The smallest absolute Gasteiger partial charge is 0.160 e. The van der Waals surface area contributed by atoms with Gasteiger partial charge in [0.15, 0.2) is 11.5 Å². The van der Waals surface area contributed by atoms with Crippen molar-refractivity contribution in [3.8, 4) is 11.5 Å². The van der Waals surface area contributed by atoms with Crippen LogP contribution in [0.1, 0.15) is 24.8 Å². The van der Waals surface area contributed by atoms with Crippen molar-refractivity contribution >= 4 is 0 Å². The highest BCUT2D eigenvalue weighted by Crippen LogP contribution is 2.34. The molecule has 1 aromatic carbocycles. The van der Waals surface area contributed by atoms with Crippen LogP contribution in [0, 0.1) is 0 Å². The summed E-state index contributed by atoms with van der Waals surface area (Å²) in [6.07, 6.45) is 1.19. The van der Waals surface area contributed by atoms with E-state index in [0.29, 0.717) is 12.0 Å². The minimum atomic E-state index is 0.540. The van der Waals surface area contributed by atoms with E-state index in [4.69, 9.17) is 9.47 Å². The molecule has 0 bridgehead atoms. The van der Waals surface area contributed by atoms with E-state index in [9.17, 15) is 0 Å². The summed E-state index contributed by atoms with van der Waals surface area (Å²) in [4.78, 5) is 0. The Balaban J connectivity index is 2.28. The first-order valence-electron chi connectivity index (χ1n) is 5.71. The van der Waals surface area contributed by atoms with Gasteiger partial charge in [-0.05, 0) is 37.6 Å². The zero-order valence-electron chi connectivity index (χ0n) is 10.1. The average molecular weight is 221 g/mol. The van der Waals surface area contributed by atoms with Gasteiger partial charge in [-0.3, -0.25) is 0 Å². The van der Waals surface area contributed by atoms with Gasteiger partial charge >= 0.3 is 0 Å². The van der Waals surface area contributed by atoms with Crippen LogP contribution in [-0.4, -0.2) is 26.8 Å². The molecule has 2 unspecified atom stereocenters. The highest BCUT2D eigenvalue weighted by Gasteiger charge is 2.25. The molecule has 16 heavy (non-hydrogen) atoms. The van der Waals surface area contributed by atoms with Crippen molar-refractivity contribution in [3.63, 3.8) is 0 Å². The van der Waals surface area contributed by atoms with Crippen LogP contribution >= 0.6 is 0 Å². The number of ether oxygens (including phenoxy) is 2. The number of nitrogens with one attached hydrogen (secondary N) is 1. The van der Waals surface area contributed by atoms with Crippen molar-refractivity contribution in [1.82, 2.24) is 5.32 Å². The van der Waals surface area contributed by atoms with E-state index in [1.807, 2.05) is 6.07 Å². The van der Waals surface area contributed by atoms with E-state index in [0.717, 1.165) is 18.0 Å². The Hall–Kier alpha value is -1.22. The zero-order valence-corrected chi connectivity index (χ0v) is 10.1. The first-order chi connectivity index (χ1) is 7.76. The van der Waals surface area contributed by atoms with Crippen molar-refractivity contribution in [2.75, 3.05) is 20.8 Å². The standard InChI is InChI=1S/C13H19NO2/c1-9-11(6-7-14-9)10-4-5-12(15-2)13(8-10)16-3/h4-5,8-9,11,14H,6-7H2,1-3H3. The lowest BCUT2D eigenvalue weighted by Crippen LogP contribution is -2.21. The second-order valence-corrected chi connectivity index (χ2v) is 4.25. The van der Waals surface area contributed by atoms with Crippen LogP contribution in [0.25, 0.3) is 0 Å². The van der Waals surface area contributed by atoms with Gasteiger partial charge in [0.2, 0.25) is 0 Å². The molecule has 0 amide bonds. The Bertz CT molecular complexity index is 365. The van der Waals surface area contributed by atoms with Crippen LogP contribution in [0.3, 0.4) is 0 Å². The molecule has 1 saturated heterocycles. The fraction of sp³-hybridized carbons (Fsp3) is 0.538. The van der Waals surface area contributed by atoms with Gasteiger partial charge in [0.1, 0.15) is 0 Å². The molecule has 1 N–H and O–H groups in total. The average Bonchev–Trinajstić information content (AvgIpc) is 2.74. The number of hydrogen-bond acceptors (Lipinski definition) is 3. The molecule has 1 fully saturated rings. The van der Waals surface area contributed by atoms with E-state index in [1.54, 1.807) is 14.2 Å². The third-order valence-corrected chi connectivity index (χ3v) is 3.36. The molecule has 3 nitrogen and oxygen atoms in total. The lowest BCUT2D eigenvalue weighted by atomic mass is 9.92. The molecule has 88 valence electrons. The molecule has 0 aromatic heterocycles. The lowest BCUT2D eigenvalue weighted by Gasteiger charge is -2.17. The summed E-state index contributed by atoms with van der Waals surface area (Å²) in [6.45, 7) is 3.33. The van der Waals surface area contributed by atoms with Gasteiger partial charge in [-0.15, -0.1) is 0 Å². The first-order valence-corrected chi connectivity index (χ1v) is 5.71. The zero-order chi connectivity index (χ0) is 11.5. The van der Waals surface area contributed by atoms with Crippen LogP contribution in [0.2, 0.25) is 0 Å². The maximum atomic E-state index is 5.33. The van der Waals surface area contributed by atoms with Crippen LogP contribution < -0.4 is 14.8 Å². The summed E-state index contributed by atoms with van der Waals surface area (Å²) < 4.78 is 10.6. The summed E-state index contributed by atoms with van der Waals surface area (Å²) >= 11 is 0. The highest BCUT2D eigenvalue weighted by molar-refractivity contribution is 5.44. The summed E-state index contributed by atoms with van der Waals surface area (Å²) in [6, 6.07) is 6.75.